The van der Waals surface area contributed by atoms with Crippen molar-refractivity contribution in [3.05, 3.63) is 30.3 Å². The third-order valence-corrected chi connectivity index (χ3v) is 4.03. The zero-order valence-corrected chi connectivity index (χ0v) is 12.3. The van der Waals surface area contributed by atoms with Gasteiger partial charge in [-0.1, -0.05) is 44.4 Å². The van der Waals surface area contributed by atoms with Gasteiger partial charge < -0.3 is 5.32 Å². The Balaban J connectivity index is 1.79. The summed E-state index contributed by atoms with van der Waals surface area (Å²) in [6.45, 7) is 3.19. The number of nitrogens with one attached hydrogen (secondary N) is 2. The second kappa shape index (κ2) is 7.90. The van der Waals surface area contributed by atoms with Crippen molar-refractivity contribution in [3.63, 3.8) is 0 Å². The number of guanidine groups is 1. The van der Waals surface area contributed by atoms with Gasteiger partial charge in [0.1, 0.15) is 0 Å². The summed E-state index contributed by atoms with van der Waals surface area (Å²) >= 11 is 0. The first-order valence-corrected chi connectivity index (χ1v) is 7.61. The smallest absolute Gasteiger partial charge is 0.210 e. The molecule has 1 fully saturated rings. The predicted molar refractivity (Wildman–Crippen MR) is 85.4 cm³/mol. The van der Waals surface area contributed by atoms with Crippen LogP contribution in [0.2, 0.25) is 0 Å². The van der Waals surface area contributed by atoms with Crippen LogP contribution in [0.3, 0.4) is 0 Å². The Morgan fingerprint density at radius 2 is 2.10 bits per heavy atom. The highest BCUT2D eigenvalue weighted by Gasteiger charge is 2.18. The predicted octanol–water partition coefficient (Wildman–Crippen LogP) is 3.13. The lowest BCUT2D eigenvalue weighted by Crippen LogP contribution is -2.36. The fourth-order valence-electron chi connectivity index (χ4n) is 2.96. The molecule has 4 heteroatoms. The lowest BCUT2D eigenvalue weighted by molar-refractivity contribution is 0.273. The largest absolute Gasteiger partial charge is 0.325 e. The summed E-state index contributed by atoms with van der Waals surface area (Å²) in [6.07, 6.45) is 6.64. The Hall–Kier alpha value is -1.55. The number of aliphatic imine (C=N–C) groups is 1. The minimum atomic E-state index is 0.639. The van der Waals surface area contributed by atoms with E-state index in [1.165, 1.54) is 25.7 Å². The number of hydrazine groups is 1. The Morgan fingerprint density at radius 3 is 2.80 bits per heavy atom. The van der Waals surface area contributed by atoms with Crippen molar-refractivity contribution in [2.24, 2.45) is 22.7 Å². The number of hydrogen-bond donors (Lipinski definition) is 3. The number of hydrogen-bond acceptors (Lipinski definition) is 2. The van der Waals surface area contributed by atoms with Crippen molar-refractivity contribution in [1.82, 2.24) is 5.43 Å². The van der Waals surface area contributed by atoms with Crippen molar-refractivity contribution in [3.8, 4) is 0 Å². The quantitative estimate of drug-likeness (QED) is 0.342. The van der Waals surface area contributed by atoms with E-state index in [2.05, 4.69) is 22.7 Å². The van der Waals surface area contributed by atoms with E-state index >= 15 is 0 Å². The van der Waals surface area contributed by atoms with Crippen LogP contribution in [0.5, 0.6) is 0 Å². The zero-order valence-electron chi connectivity index (χ0n) is 12.3. The topological polar surface area (TPSA) is 62.4 Å². The van der Waals surface area contributed by atoms with Gasteiger partial charge in [-0.05, 0) is 36.8 Å². The molecule has 2 unspecified atom stereocenters. The van der Waals surface area contributed by atoms with E-state index < -0.39 is 0 Å². The fourth-order valence-corrected chi connectivity index (χ4v) is 2.96. The number of nitrogens with zero attached hydrogens (tertiary/aromatic N) is 1. The molecule has 0 heterocycles. The third kappa shape index (κ3) is 4.85. The maximum atomic E-state index is 5.52. The first-order valence-electron chi connectivity index (χ1n) is 7.61. The highest BCUT2D eigenvalue weighted by molar-refractivity contribution is 5.93. The van der Waals surface area contributed by atoms with Crippen LogP contribution >= 0.6 is 0 Å². The molecule has 1 aromatic rings. The van der Waals surface area contributed by atoms with E-state index in [1.807, 2.05) is 30.3 Å². The first kappa shape index (κ1) is 14.9. The molecule has 0 radical (unpaired) electrons. The second-order valence-electron chi connectivity index (χ2n) is 5.79. The summed E-state index contributed by atoms with van der Waals surface area (Å²) < 4.78 is 0. The summed E-state index contributed by atoms with van der Waals surface area (Å²) in [5.41, 5.74) is 3.63. The number of para-hydroxylation sites is 1. The van der Waals surface area contributed by atoms with E-state index in [0.29, 0.717) is 5.96 Å². The third-order valence-electron chi connectivity index (χ3n) is 4.03. The lowest BCUT2D eigenvalue weighted by atomic mass is 9.81. The van der Waals surface area contributed by atoms with Crippen LogP contribution in [-0.2, 0) is 0 Å². The van der Waals surface area contributed by atoms with Crippen LogP contribution in [0, 0.1) is 11.8 Å². The van der Waals surface area contributed by atoms with Crippen LogP contribution in [0.15, 0.2) is 35.3 Å². The van der Waals surface area contributed by atoms with Crippen molar-refractivity contribution >= 4 is 11.6 Å². The van der Waals surface area contributed by atoms with Gasteiger partial charge in [-0.2, -0.15) is 0 Å². The van der Waals surface area contributed by atoms with Crippen LogP contribution in [0.4, 0.5) is 5.69 Å². The Morgan fingerprint density at radius 1 is 1.30 bits per heavy atom. The minimum Gasteiger partial charge on any atom is -0.325 e. The number of nitrogens with two attached hydrogens (primary N) is 1. The van der Waals surface area contributed by atoms with E-state index in [4.69, 9.17) is 5.84 Å². The molecule has 20 heavy (non-hydrogen) atoms. The molecule has 0 amide bonds. The normalized spacial score (nSPS) is 23.4. The highest BCUT2D eigenvalue weighted by atomic mass is 15.3. The molecule has 0 bridgehead atoms. The molecule has 4 nitrogen and oxygen atoms in total. The van der Waals surface area contributed by atoms with Gasteiger partial charge in [-0.15, -0.1) is 0 Å². The maximum absolute atomic E-state index is 5.52. The fraction of sp³-hybridized carbons (Fsp3) is 0.562. The van der Waals surface area contributed by atoms with Gasteiger partial charge in [0.25, 0.3) is 0 Å². The SMILES string of the molecule is CC1CCCC(CCN=C(NN)Nc2ccccc2)C1. The highest BCUT2D eigenvalue weighted by Crippen LogP contribution is 2.30. The number of benzene rings is 1. The Kier molecular flexibility index (Phi) is 5.87. The number of anilines is 1. The molecule has 1 aliphatic carbocycles. The summed E-state index contributed by atoms with van der Waals surface area (Å²) in [4.78, 5) is 4.53. The van der Waals surface area contributed by atoms with E-state index in [9.17, 15) is 0 Å². The van der Waals surface area contributed by atoms with Crippen LogP contribution in [-0.4, -0.2) is 12.5 Å². The van der Waals surface area contributed by atoms with Gasteiger partial charge in [0.15, 0.2) is 0 Å². The molecule has 110 valence electrons. The Labute approximate surface area is 121 Å². The Bertz CT molecular complexity index is 416. The van der Waals surface area contributed by atoms with E-state index in [0.717, 1.165) is 30.5 Å². The minimum absolute atomic E-state index is 0.639. The second-order valence-corrected chi connectivity index (χ2v) is 5.79. The van der Waals surface area contributed by atoms with Crippen LogP contribution < -0.4 is 16.6 Å². The zero-order chi connectivity index (χ0) is 14.2. The average Bonchev–Trinajstić information content (AvgIpc) is 2.47. The molecule has 0 spiro atoms. The lowest BCUT2D eigenvalue weighted by Gasteiger charge is -2.26. The summed E-state index contributed by atoms with van der Waals surface area (Å²) in [5, 5.41) is 3.19. The van der Waals surface area contributed by atoms with Crippen LogP contribution in [0.25, 0.3) is 0 Å². The maximum Gasteiger partial charge on any atom is 0.210 e. The molecule has 1 aromatic carbocycles. The molecule has 1 saturated carbocycles. The molecule has 2 rings (SSSR count). The summed E-state index contributed by atoms with van der Waals surface area (Å²) in [7, 11) is 0. The van der Waals surface area contributed by atoms with Crippen LogP contribution in [0.1, 0.15) is 39.0 Å². The van der Waals surface area contributed by atoms with E-state index in [1.54, 1.807) is 0 Å². The standard InChI is InChI=1S/C16H26N4/c1-13-6-5-7-14(12-13)10-11-18-16(20-17)19-15-8-3-2-4-9-15/h2-4,8-9,13-14H,5-7,10-12,17H2,1H3,(H2,18,19,20). The van der Waals surface area contributed by atoms with Crippen molar-refractivity contribution < 1.29 is 0 Å². The van der Waals surface area contributed by atoms with E-state index in [-0.39, 0.29) is 0 Å². The van der Waals surface area contributed by atoms with Crippen molar-refractivity contribution in [2.45, 2.75) is 39.0 Å². The molecule has 0 aliphatic heterocycles. The molecule has 0 saturated heterocycles. The van der Waals surface area contributed by atoms with Gasteiger partial charge >= 0.3 is 0 Å². The monoisotopic (exact) mass is 274 g/mol. The first-order chi connectivity index (χ1) is 9.78. The van der Waals surface area contributed by atoms with Gasteiger partial charge in [0, 0.05) is 12.2 Å². The van der Waals surface area contributed by atoms with Gasteiger partial charge in [0.05, 0.1) is 0 Å². The molecular formula is C16H26N4. The summed E-state index contributed by atoms with van der Waals surface area (Å²) in [6, 6.07) is 9.95. The summed E-state index contributed by atoms with van der Waals surface area (Å²) in [5.74, 6) is 7.87. The molecular weight excluding hydrogens is 248 g/mol. The average molecular weight is 274 g/mol. The molecule has 0 aromatic heterocycles. The number of rotatable bonds is 4. The molecule has 1 aliphatic rings. The van der Waals surface area contributed by atoms with Gasteiger partial charge in [0.2, 0.25) is 5.96 Å². The van der Waals surface area contributed by atoms with Crippen molar-refractivity contribution in [1.29, 1.82) is 0 Å². The molecule has 2 atom stereocenters. The van der Waals surface area contributed by atoms with Gasteiger partial charge in [-0.3, -0.25) is 10.4 Å². The van der Waals surface area contributed by atoms with Crippen molar-refractivity contribution in [2.75, 3.05) is 11.9 Å². The van der Waals surface area contributed by atoms with Gasteiger partial charge in [-0.25, -0.2) is 5.84 Å². The molecule has 4 N–H and O–H groups in total.